The smallest absolute Gasteiger partial charge is 0.222 e. The van der Waals surface area contributed by atoms with Gasteiger partial charge in [-0.15, -0.1) is 5.10 Å². The Hall–Kier alpha value is -2.24. The van der Waals surface area contributed by atoms with Gasteiger partial charge in [-0.05, 0) is 104 Å². The number of aromatic nitrogens is 5. The average Bonchev–Trinajstić information content (AvgIpc) is 3.11. The van der Waals surface area contributed by atoms with Crippen LogP contribution in [-0.2, 0) is 0 Å². The van der Waals surface area contributed by atoms with Gasteiger partial charge in [0.05, 0.1) is 11.0 Å². The monoisotopic (exact) mass is 362 g/mol. The van der Waals surface area contributed by atoms with E-state index in [1.54, 1.807) is 0 Å². The fourth-order valence-corrected chi connectivity index (χ4v) is 6.73. The summed E-state index contributed by atoms with van der Waals surface area (Å²) in [6, 6.07) is 6.64. The molecular formula is C21H26N6. The van der Waals surface area contributed by atoms with Crippen molar-refractivity contribution in [2.24, 2.45) is 23.2 Å². The molecule has 4 fully saturated rings. The highest BCUT2D eigenvalue weighted by Crippen LogP contribution is 2.61. The molecule has 0 spiro atoms. The second-order valence-electron chi connectivity index (χ2n) is 9.51. The lowest BCUT2D eigenvalue weighted by Gasteiger charge is -2.59. The van der Waals surface area contributed by atoms with E-state index in [0.29, 0.717) is 11.5 Å². The first-order chi connectivity index (χ1) is 13.1. The van der Waals surface area contributed by atoms with E-state index in [4.69, 9.17) is 4.98 Å². The average molecular weight is 362 g/mol. The molecule has 140 valence electrons. The molecule has 3 aromatic rings. The third-order valence-electron chi connectivity index (χ3n) is 7.63. The molecule has 6 heteroatoms. The first-order valence-electron chi connectivity index (χ1n) is 10.3. The van der Waals surface area contributed by atoms with Crippen LogP contribution in [0.4, 0.5) is 5.82 Å². The summed E-state index contributed by atoms with van der Waals surface area (Å²) in [6.45, 7) is 4.44. The lowest BCUT2D eigenvalue weighted by molar-refractivity contribution is -0.0602. The summed E-state index contributed by atoms with van der Waals surface area (Å²) in [4.78, 5) is 4.91. The largest absolute Gasteiger partial charge is 0.364 e. The summed E-state index contributed by atoms with van der Waals surface area (Å²) in [5.41, 5.74) is 4.22. The third-order valence-corrected chi connectivity index (χ3v) is 7.63. The number of anilines is 1. The molecule has 1 N–H and O–H groups in total. The Kier molecular flexibility index (Phi) is 3.15. The van der Waals surface area contributed by atoms with E-state index in [1.807, 2.05) is 4.52 Å². The maximum absolute atomic E-state index is 4.91. The molecule has 1 atom stereocenters. The van der Waals surface area contributed by atoms with Crippen LogP contribution in [-0.4, -0.2) is 31.1 Å². The lowest BCUT2D eigenvalue weighted by Crippen LogP contribution is -2.53. The van der Waals surface area contributed by atoms with E-state index in [2.05, 4.69) is 52.9 Å². The molecule has 2 heterocycles. The number of rotatable bonds is 3. The Morgan fingerprint density at radius 3 is 2.52 bits per heavy atom. The van der Waals surface area contributed by atoms with Crippen molar-refractivity contribution in [3.05, 3.63) is 23.8 Å². The number of benzene rings is 1. The van der Waals surface area contributed by atoms with Gasteiger partial charge in [0, 0.05) is 6.04 Å². The van der Waals surface area contributed by atoms with Gasteiger partial charge in [0.2, 0.25) is 5.65 Å². The van der Waals surface area contributed by atoms with Gasteiger partial charge in [-0.3, -0.25) is 0 Å². The molecule has 1 aromatic carbocycles. The molecule has 27 heavy (non-hydrogen) atoms. The first kappa shape index (κ1) is 15.8. The summed E-state index contributed by atoms with van der Waals surface area (Å²) in [6.07, 6.45) is 8.54. The highest BCUT2D eigenvalue weighted by molar-refractivity contribution is 5.82. The zero-order chi connectivity index (χ0) is 18.2. The van der Waals surface area contributed by atoms with Crippen molar-refractivity contribution in [3.63, 3.8) is 0 Å². The number of hydrogen-bond donors (Lipinski definition) is 1. The van der Waals surface area contributed by atoms with Crippen molar-refractivity contribution in [2.75, 3.05) is 5.32 Å². The van der Waals surface area contributed by atoms with E-state index in [1.165, 1.54) is 44.1 Å². The normalized spacial score (nSPS) is 33.0. The van der Waals surface area contributed by atoms with E-state index >= 15 is 0 Å². The van der Waals surface area contributed by atoms with Crippen LogP contribution in [0.2, 0.25) is 0 Å². The van der Waals surface area contributed by atoms with Crippen LogP contribution in [0.5, 0.6) is 0 Å². The Bertz CT molecular complexity index is 1000. The van der Waals surface area contributed by atoms with Crippen LogP contribution < -0.4 is 5.32 Å². The second-order valence-corrected chi connectivity index (χ2v) is 9.51. The molecule has 1 unspecified atom stereocenters. The molecule has 4 aliphatic rings. The third kappa shape index (κ3) is 2.31. The minimum absolute atomic E-state index is 0.391. The zero-order valence-electron chi connectivity index (χ0n) is 16.0. The van der Waals surface area contributed by atoms with Crippen molar-refractivity contribution >= 4 is 22.5 Å². The summed E-state index contributed by atoms with van der Waals surface area (Å²) < 4.78 is 1.82. The molecule has 0 radical (unpaired) electrons. The highest BCUT2D eigenvalue weighted by atomic mass is 15.5. The number of fused-ring (bicyclic) bond motifs is 3. The molecule has 0 saturated heterocycles. The summed E-state index contributed by atoms with van der Waals surface area (Å²) in [7, 11) is 0. The SMILES string of the molecule is Cc1ccc2nc(NC(C)C34CC5CC(CC(C5)C3)C4)c3nnnn3c2c1. The van der Waals surface area contributed by atoms with Gasteiger partial charge in [-0.2, -0.15) is 4.52 Å². The van der Waals surface area contributed by atoms with Crippen LogP contribution in [0.15, 0.2) is 18.2 Å². The number of nitrogens with one attached hydrogen (secondary N) is 1. The van der Waals surface area contributed by atoms with Crippen LogP contribution in [0.25, 0.3) is 16.7 Å². The van der Waals surface area contributed by atoms with Crippen molar-refractivity contribution < 1.29 is 0 Å². The van der Waals surface area contributed by atoms with E-state index in [9.17, 15) is 0 Å². The topological polar surface area (TPSA) is 68.0 Å². The van der Waals surface area contributed by atoms with Crippen molar-refractivity contribution in [3.8, 4) is 0 Å². The lowest BCUT2D eigenvalue weighted by atomic mass is 9.48. The van der Waals surface area contributed by atoms with Gasteiger partial charge in [0.25, 0.3) is 0 Å². The summed E-state index contributed by atoms with van der Waals surface area (Å²) in [5, 5.41) is 16.2. The minimum Gasteiger partial charge on any atom is -0.364 e. The Morgan fingerprint density at radius 1 is 1.11 bits per heavy atom. The maximum atomic E-state index is 4.91. The molecular weight excluding hydrogens is 336 g/mol. The van der Waals surface area contributed by atoms with Crippen LogP contribution in [0.3, 0.4) is 0 Å². The van der Waals surface area contributed by atoms with Gasteiger partial charge in [0.1, 0.15) is 0 Å². The van der Waals surface area contributed by atoms with Gasteiger partial charge in [0.15, 0.2) is 5.82 Å². The quantitative estimate of drug-likeness (QED) is 0.763. The molecule has 4 aliphatic carbocycles. The van der Waals surface area contributed by atoms with E-state index < -0.39 is 0 Å². The van der Waals surface area contributed by atoms with Gasteiger partial charge in [-0.25, -0.2) is 4.98 Å². The first-order valence-corrected chi connectivity index (χ1v) is 10.3. The molecule has 7 rings (SSSR count). The number of nitrogens with zero attached hydrogens (tertiary/aromatic N) is 5. The molecule has 2 aromatic heterocycles. The zero-order valence-corrected chi connectivity index (χ0v) is 16.0. The Labute approximate surface area is 158 Å². The predicted molar refractivity (Wildman–Crippen MR) is 105 cm³/mol. The van der Waals surface area contributed by atoms with Gasteiger partial charge >= 0.3 is 0 Å². The molecule has 0 aliphatic heterocycles. The van der Waals surface area contributed by atoms with Crippen molar-refractivity contribution in [2.45, 2.75) is 58.4 Å². The summed E-state index contributed by atoms with van der Waals surface area (Å²) in [5.74, 6) is 3.66. The van der Waals surface area contributed by atoms with E-state index in [0.717, 1.165) is 40.3 Å². The number of tetrazole rings is 1. The van der Waals surface area contributed by atoms with Gasteiger partial charge in [-0.1, -0.05) is 6.07 Å². The van der Waals surface area contributed by atoms with Crippen LogP contribution in [0.1, 0.15) is 51.0 Å². The second kappa shape index (κ2) is 5.40. The Morgan fingerprint density at radius 2 is 1.81 bits per heavy atom. The molecule has 6 nitrogen and oxygen atoms in total. The fourth-order valence-electron chi connectivity index (χ4n) is 6.73. The fraction of sp³-hybridized carbons (Fsp3) is 0.619. The standard InChI is InChI=1S/C21H26N6/c1-12-3-4-17-18(5-12)27-20(24-25-26-27)19(23-17)22-13(2)21-9-14-6-15(10-21)8-16(7-14)11-21/h3-5,13-16H,6-11H2,1-2H3,(H,22,23). The van der Waals surface area contributed by atoms with Crippen LogP contribution in [0, 0.1) is 30.1 Å². The summed E-state index contributed by atoms with van der Waals surface area (Å²) >= 11 is 0. The number of aryl methyl sites for hydroxylation is 1. The minimum atomic E-state index is 0.391. The maximum Gasteiger partial charge on any atom is 0.222 e. The number of hydrogen-bond acceptors (Lipinski definition) is 5. The highest BCUT2D eigenvalue weighted by Gasteiger charge is 2.53. The molecule has 0 amide bonds. The predicted octanol–water partition coefficient (Wildman–Crippen LogP) is 4.00. The Balaban J connectivity index is 1.40. The molecule has 4 bridgehead atoms. The van der Waals surface area contributed by atoms with Gasteiger partial charge < -0.3 is 5.32 Å². The van der Waals surface area contributed by atoms with Crippen LogP contribution >= 0.6 is 0 Å². The van der Waals surface area contributed by atoms with Crippen molar-refractivity contribution in [1.29, 1.82) is 0 Å². The van der Waals surface area contributed by atoms with Crippen molar-refractivity contribution in [1.82, 2.24) is 25.0 Å². The molecule has 4 saturated carbocycles. The van der Waals surface area contributed by atoms with E-state index in [-0.39, 0.29) is 0 Å².